The summed E-state index contributed by atoms with van der Waals surface area (Å²) in [5, 5.41) is 9.00. The first-order chi connectivity index (χ1) is 15.5. The van der Waals surface area contributed by atoms with Gasteiger partial charge in [0.1, 0.15) is 5.52 Å². The molecule has 1 saturated heterocycles. The molecule has 0 aliphatic carbocycles. The van der Waals surface area contributed by atoms with Crippen molar-refractivity contribution in [1.82, 2.24) is 24.9 Å². The van der Waals surface area contributed by atoms with Gasteiger partial charge < -0.3 is 14.2 Å². The number of hydrogen-bond acceptors (Lipinski definition) is 6. The number of hydrogen-bond donors (Lipinski definition) is 0. The number of rotatable bonds is 3. The average molecular weight is 449 g/mol. The molecule has 9 heteroatoms. The van der Waals surface area contributed by atoms with Crippen molar-refractivity contribution < 1.29 is 9.21 Å². The lowest BCUT2D eigenvalue weighted by Gasteiger charge is -2.23. The zero-order valence-corrected chi connectivity index (χ0v) is 18.3. The summed E-state index contributed by atoms with van der Waals surface area (Å²) in [6.45, 7) is 7.79. The number of aromatic nitrogens is 4. The lowest BCUT2D eigenvalue weighted by molar-refractivity contribution is 0.0809. The summed E-state index contributed by atoms with van der Waals surface area (Å²) < 4.78 is 5.92. The molecule has 2 aromatic carbocycles. The molecule has 0 unspecified atom stereocenters. The molecule has 3 heterocycles. The maximum Gasteiger partial charge on any atom is 0.298 e. The number of carbonyl (C=O) groups excluding carboxylic acids is 1. The first kappa shape index (κ1) is 20.3. The fourth-order valence-corrected chi connectivity index (χ4v) is 4.00. The van der Waals surface area contributed by atoms with Crippen LogP contribution in [0.5, 0.6) is 0 Å². The second-order valence-electron chi connectivity index (χ2n) is 7.71. The van der Waals surface area contributed by atoms with Crippen LogP contribution in [-0.4, -0.2) is 50.4 Å². The average Bonchev–Trinajstić information content (AvgIpc) is 3.41. The molecule has 162 valence electrons. The predicted molar refractivity (Wildman–Crippen MR) is 122 cm³/mol. The first-order valence-corrected chi connectivity index (χ1v) is 10.7. The maximum atomic E-state index is 13.6. The molecule has 1 aliphatic rings. The summed E-state index contributed by atoms with van der Waals surface area (Å²) in [6.07, 6.45) is 3.78. The van der Waals surface area contributed by atoms with Gasteiger partial charge in [0.2, 0.25) is 0 Å². The van der Waals surface area contributed by atoms with Crippen LogP contribution in [0, 0.1) is 6.92 Å². The quantitative estimate of drug-likeness (QED) is 0.466. The molecular weight excluding hydrogens is 428 g/mol. The van der Waals surface area contributed by atoms with Crippen molar-refractivity contribution in [2.24, 2.45) is 0 Å². The zero-order chi connectivity index (χ0) is 22.2. The van der Waals surface area contributed by atoms with Crippen molar-refractivity contribution in [3.05, 3.63) is 77.2 Å². The fraction of sp³-hybridized carbons (Fsp3) is 0.217. The molecule has 0 saturated carbocycles. The van der Waals surface area contributed by atoms with Crippen LogP contribution in [0.4, 0.5) is 6.01 Å². The van der Waals surface area contributed by atoms with Gasteiger partial charge in [0.05, 0.1) is 23.6 Å². The molecule has 1 amide bonds. The Kier molecular flexibility index (Phi) is 5.14. The third-order valence-electron chi connectivity index (χ3n) is 5.52. The number of anilines is 1. The monoisotopic (exact) mass is 448 g/mol. The van der Waals surface area contributed by atoms with E-state index in [4.69, 9.17) is 16.0 Å². The van der Waals surface area contributed by atoms with E-state index >= 15 is 0 Å². The van der Waals surface area contributed by atoms with E-state index in [9.17, 15) is 4.79 Å². The number of nitrogens with zero attached hydrogens (tertiary/aromatic N) is 6. The van der Waals surface area contributed by atoms with E-state index in [0.29, 0.717) is 59.4 Å². The van der Waals surface area contributed by atoms with Crippen LogP contribution in [0.1, 0.15) is 22.3 Å². The van der Waals surface area contributed by atoms with E-state index in [2.05, 4.69) is 21.8 Å². The van der Waals surface area contributed by atoms with Crippen LogP contribution < -0.4 is 4.90 Å². The topological polar surface area (TPSA) is 80.3 Å². The number of carbonyl (C=O) groups is 1. The number of fused-ring (bicyclic) bond motifs is 1. The van der Waals surface area contributed by atoms with E-state index in [1.807, 2.05) is 36.1 Å². The third kappa shape index (κ3) is 3.73. The summed E-state index contributed by atoms with van der Waals surface area (Å²) in [5.74, 6) is -0.128. The Labute approximate surface area is 189 Å². The molecule has 0 bridgehead atoms. The van der Waals surface area contributed by atoms with Crippen LogP contribution in [0.2, 0.25) is 5.02 Å². The Balaban J connectivity index is 1.41. The van der Waals surface area contributed by atoms with E-state index in [-0.39, 0.29) is 5.91 Å². The van der Waals surface area contributed by atoms with Gasteiger partial charge in [0.25, 0.3) is 11.9 Å². The summed E-state index contributed by atoms with van der Waals surface area (Å²) >= 11 is 6.07. The highest BCUT2D eigenvalue weighted by atomic mass is 35.5. The van der Waals surface area contributed by atoms with E-state index in [0.717, 1.165) is 11.3 Å². The van der Waals surface area contributed by atoms with Crippen LogP contribution in [0.25, 0.3) is 16.8 Å². The van der Waals surface area contributed by atoms with Gasteiger partial charge in [-0.15, -0.1) is 0 Å². The van der Waals surface area contributed by atoms with Crippen molar-refractivity contribution in [3.8, 4) is 5.69 Å². The molecule has 4 aromatic rings. The highest BCUT2D eigenvalue weighted by molar-refractivity contribution is 6.31. The standard InChI is InChI=1S/C23H21ClN6O2/c1-15-3-5-20(30-25-8-9-26-30)18(13-15)22(31)29-12-11-28(10-7-16(29)2)23-27-19-14-17(24)4-6-21(19)32-23/h3-6,8-9,13-14H,2,7,10-12H2,1H3. The van der Waals surface area contributed by atoms with Crippen molar-refractivity contribution in [1.29, 1.82) is 0 Å². The molecule has 5 rings (SSSR count). The Morgan fingerprint density at radius 2 is 1.91 bits per heavy atom. The minimum absolute atomic E-state index is 0.128. The van der Waals surface area contributed by atoms with Crippen LogP contribution in [0.15, 0.2) is 65.5 Å². The van der Waals surface area contributed by atoms with Crippen LogP contribution >= 0.6 is 11.6 Å². The molecule has 0 atom stereocenters. The number of halogens is 1. The number of aryl methyl sites for hydroxylation is 1. The maximum absolute atomic E-state index is 13.6. The molecule has 32 heavy (non-hydrogen) atoms. The van der Waals surface area contributed by atoms with Crippen molar-refractivity contribution >= 4 is 34.6 Å². The van der Waals surface area contributed by atoms with E-state index in [1.54, 1.807) is 29.4 Å². The predicted octanol–water partition coefficient (Wildman–Crippen LogP) is 4.24. The van der Waals surface area contributed by atoms with Crippen molar-refractivity contribution in [2.45, 2.75) is 13.3 Å². The van der Waals surface area contributed by atoms with Crippen molar-refractivity contribution in [3.63, 3.8) is 0 Å². The zero-order valence-electron chi connectivity index (χ0n) is 17.5. The van der Waals surface area contributed by atoms with Gasteiger partial charge in [-0.05, 0) is 37.3 Å². The summed E-state index contributed by atoms with van der Waals surface area (Å²) in [4.78, 5) is 23.4. The minimum Gasteiger partial charge on any atom is -0.423 e. The molecule has 1 aliphatic heterocycles. The molecule has 0 spiro atoms. The molecule has 1 fully saturated rings. The molecule has 0 N–H and O–H groups in total. The first-order valence-electron chi connectivity index (χ1n) is 10.3. The summed E-state index contributed by atoms with van der Waals surface area (Å²) in [7, 11) is 0. The van der Waals surface area contributed by atoms with Gasteiger partial charge in [-0.3, -0.25) is 4.79 Å². The van der Waals surface area contributed by atoms with Crippen molar-refractivity contribution in [2.75, 3.05) is 24.5 Å². The van der Waals surface area contributed by atoms with Gasteiger partial charge in [-0.2, -0.15) is 20.0 Å². The Hall–Kier alpha value is -3.65. The minimum atomic E-state index is -0.128. The number of oxazole rings is 1. The second-order valence-corrected chi connectivity index (χ2v) is 8.14. The highest BCUT2D eigenvalue weighted by Crippen LogP contribution is 2.27. The van der Waals surface area contributed by atoms with Gasteiger partial charge in [0.15, 0.2) is 5.58 Å². The molecule has 2 aromatic heterocycles. The molecule has 0 radical (unpaired) electrons. The smallest absolute Gasteiger partial charge is 0.298 e. The van der Waals surface area contributed by atoms with Gasteiger partial charge >= 0.3 is 0 Å². The highest BCUT2D eigenvalue weighted by Gasteiger charge is 2.27. The summed E-state index contributed by atoms with van der Waals surface area (Å²) in [6, 6.07) is 11.5. The molecule has 8 nitrogen and oxygen atoms in total. The normalized spacial score (nSPS) is 14.8. The third-order valence-corrected chi connectivity index (χ3v) is 5.75. The lowest BCUT2D eigenvalue weighted by atomic mass is 10.1. The van der Waals surface area contributed by atoms with Gasteiger partial charge in [-0.25, -0.2) is 0 Å². The van der Waals surface area contributed by atoms with E-state index < -0.39 is 0 Å². The second kappa shape index (κ2) is 8.12. The Morgan fingerprint density at radius 1 is 1.09 bits per heavy atom. The number of amides is 1. The molecular formula is C23H21ClN6O2. The summed E-state index contributed by atoms with van der Waals surface area (Å²) in [5.41, 5.74) is 4.28. The Bertz CT molecular complexity index is 1310. The van der Waals surface area contributed by atoms with Crippen LogP contribution in [-0.2, 0) is 0 Å². The lowest BCUT2D eigenvalue weighted by Crippen LogP contribution is -2.34. The van der Waals surface area contributed by atoms with E-state index in [1.165, 1.54) is 4.80 Å². The number of benzene rings is 2. The Morgan fingerprint density at radius 3 is 2.72 bits per heavy atom. The SMILES string of the molecule is C=C1CCN(c2nc3cc(Cl)ccc3o2)CCN1C(=O)c1cc(C)ccc1-n1nccn1. The van der Waals surface area contributed by atoms with Crippen LogP contribution in [0.3, 0.4) is 0 Å². The largest absolute Gasteiger partial charge is 0.423 e. The van der Waals surface area contributed by atoms with Gasteiger partial charge in [-0.1, -0.05) is 29.8 Å². The fourth-order valence-electron chi connectivity index (χ4n) is 3.83. The van der Waals surface area contributed by atoms with Gasteiger partial charge in [0, 0.05) is 36.8 Å².